The fourth-order valence-electron chi connectivity index (χ4n) is 1.77. The van der Waals surface area contributed by atoms with Crippen molar-refractivity contribution in [2.45, 2.75) is 39.2 Å². The van der Waals surface area contributed by atoms with Crippen LogP contribution in [0.1, 0.15) is 32.3 Å². The molecular weight excluding hydrogens is 210 g/mol. The van der Waals surface area contributed by atoms with Gasteiger partial charge in [0.1, 0.15) is 17.3 Å². The first-order valence-electron chi connectivity index (χ1n) is 5.26. The monoisotopic (exact) mass is 225 g/mol. The average Bonchev–Trinajstić information content (AvgIpc) is 2.95. The van der Waals surface area contributed by atoms with Crippen molar-refractivity contribution < 1.29 is 0 Å². The van der Waals surface area contributed by atoms with E-state index in [9.17, 15) is 0 Å². The highest BCUT2D eigenvalue weighted by atomic mass is 35.5. The Morgan fingerprint density at radius 2 is 2.07 bits per heavy atom. The van der Waals surface area contributed by atoms with E-state index in [0.29, 0.717) is 5.15 Å². The van der Waals surface area contributed by atoms with Crippen LogP contribution in [0.2, 0.25) is 5.15 Å². The van der Waals surface area contributed by atoms with Crippen molar-refractivity contribution in [2.75, 3.05) is 5.32 Å². The Kier molecular flexibility index (Phi) is 2.59. The average molecular weight is 226 g/mol. The van der Waals surface area contributed by atoms with Crippen LogP contribution in [-0.2, 0) is 0 Å². The summed E-state index contributed by atoms with van der Waals surface area (Å²) in [6.45, 7) is 6.36. The molecule has 1 N–H and O–H groups in total. The van der Waals surface area contributed by atoms with Crippen LogP contribution in [0.15, 0.2) is 6.33 Å². The molecule has 1 aromatic rings. The molecule has 4 heteroatoms. The fraction of sp³-hybridized carbons (Fsp3) is 0.636. The summed E-state index contributed by atoms with van der Waals surface area (Å²) in [7, 11) is 0. The Bertz CT molecular complexity index is 372. The lowest BCUT2D eigenvalue weighted by molar-refractivity contribution is 0.492. The zero-order valence-corrected chi connectivity index (χ0v) is 10.1. The van der Waals surface area contributed by atoms with Crippen molar-refractivity contribution in [3.05, 3.63) is 17.0 Å². The maximum atomic E-state index is 5.95. The lowest BCUT2D eigenvalue weighted by Gasteiger charge is -2.27. The summed E-state index contributed by atoms with van der Waals surface area (Å²) in [6.07, 6.45) is 4.11. The number of nitrogens with zero attached hydrogens (tertiary/aromatic N) is 2. The fourth-order valence-corrected chi connectivity index (χ4v) is 1.90. The molecule has 0 radical (unpaired) electrons. The van der Waals surface area contributed by atoms with Crippen molar-refractivity contribution in [3.8, 4) is 0 Å². The van der Waals surface area contributed by atoms with Crippen LogP contribution < -0.4 is 5.32 Å². The number of aromatic nitrogens is 2. The third-order valence-corrected chi connectivity index (χ3v) is 3.44. The normalized spacial score (nSPS) is 16.5. The molecule has 0 unspecified atom stereocenters. The Hall–Kier alpha value is -0.830. The van der Waals surface area contributed by atoms with Crippen molar-refractivity contribution >= 4 is 17.4 Å². The first-order valence-corrected chi connectivity index (χ1v) is 5.64. The summed E-state index contributed by atoms with van der Waals surface area (Å²) in [5, 5.41) is 3.98. The van der Waals surface area contributed by atoms with E-state index in [1.807, 2.05) is 6.92 Å². The predicted octanol–water partition coefficient (Wildman–Crippen LogP) is 3.04. The van der Waals surface area contributed by atoms with Crippen LogP contribution in [0.5, 0.6) is 0 Å². The van der Waals surface area contributed by atoms with Crippen LogP contribution in [0, 0.1) is 12.8 Å². The quantitative estimate of drug-likeness (QED) is 0.804. The number of nitrogens with one attached hydrogen (secondary N) is 1. The summed E-state index contributed by atoms with van der Waals surface area (Å²) in [5.74, 6) is 1.61. The van der Waals surface area contributed by atoms with Crippen molar-refractivity contribution in [1.29, 1.82) is 0 Å². The molecule has 1 aliphatic rings. The minimum atomic E-state index is 0.0996. The first kappa shape index (κ1) is 10.7. The Balaban J connectivity index is 2.20. The lowest BCUT2D eigenvalue weighted by atomic mass is 9.98. The lowest BCUT2D eigenvalue weighted by Crippen LogP contribution is -2.34. The number of rotatable bonds is 3. The molecule has 2 rings (SSSR count). The highest BCUT2D eigenvalue weighted by molar-refractivity contribution is 6.30. The van der Waals surface area contributed by atoms with Gasteiger partial charge in [-0.05, 0) is 39.5 Å². The van der Waals surface area contributed by atoms with Crippen LogP contribution >= 0.6 is 11.6 Å². The molecular formula is C11H16ClN3. The smallest absolute Gasteiger partial charge is 0.137 e. The Morgan fingerprint density at radius 3 is 2.67 bits per heavy atom. The number of hydrogen-bond donors (Lipinski definition) is 1. The van der Waals surface area contributed by atoms with Crippen LogP contribution in [-0.4, -0.2) is 15.5 Å². The van der Waals surface area contributed by atoms with E-state index in [2.05, 4.69) is 29.1 Å². The highest BCUT2D eigenvalue weighted by Gasteiger charge is 2.38. The second-order valence-corrected chi connectivity index (χ2v) is 5.12. The summed E-state index contributed by atoms with van der Waals surface area (Å²) in [6, 6.07) is 0. The topological polar surface area (TPSA) is 37.8 Å². The second kappa shape index (κ2) is 3.63. The molecule has 0 aromatic carbocycles. The maximum absolute atomic E-state index is 5.95. The Morgan fingerprint density at radius 1 is 1.40 bits per heavy atom. The van der Waals surface area contributed by atoms with E-state index in [-0.39, 0.29) is 5.54 Å². The molecule has 1 heterocycles. The molecule has 3 nitrogen and oxygen atoms in total. The van der Waals surface area contributed by atoms with Gasteiger partial charge in [0.2, 0.25) is 0 Å². The maximum Gasteiger partial charge on any atom is 0.137 e. The molecule has 0 amide bonds. The largest absolute Gasteiger partial charge is 0.365 e. The molecule has 1 aliphatic carbocycles. The molecule has 0 spiro atoms. The van der Waals surface area contributed by atoms with Crippen molar-refractivity contribution in [1.82, 2.24) is 9.97 Å². The highest BCUT2D eigenvalue weighted by Crippen LogP contribution is 2.41. The summed E-state index contributed by atoms with van der Waals surface area (Å²) >= 11 is 5.95. The van der Waals surface area contributed by atoms with Gasteiger partial charge in [-0.3, -0.25) is 0 Å². The molecule has 1 saturated carbocycles. The van der Waals surface area contributed by atoms with Gasteiger partial charge in [-0.25, -0.2) is 9.97 Å². The van der Waals surface area contributed by atoms with Crippen molar-refractivity contribution in [3.63, 3.8) is 0 Å². The third kappa shape index (κ3) is 2.23. The molecule has 0 saturated heterocycles. The van der Waals surface area contributed by atoms with E-state index >= 15 is 0 Å². The zero-order valence-electron chi connectivity index (χ0n) is 9.34. The number of anilines is 1. The molecule has 82 valence electrons. The molecule has 1 aromatic heterocycles. The SMILES string of the molecule is Cc1c(Cl)ncnc1NC(C)(C)C1CC1. The molecule has 0 aliphatic heterocycles. The molecule has 1 fully saturated rings. The molecule has 0 atom stereocenters. The van der Waals surface area contributed by atoms with Crippen LogP contribution in [0.4, 0.5) is 5.82 Å². The van der Waals surface area contributed by atoms with Gasteiger partial charge in [-0.2, -0.15) is 0 Å². The standard InChI is InChI=1S/C11H16ClN3/c1-7-9(12)13-6-14-10(7)15-11(2,3)8-4-5-8/h6,8H,4-5H2,1-3H3,(H,13,14,15). The van der Waals surface area contributed by atoms with Gasteiger partial charge in [-0.1, -0.05) is 11.6 Å². The first-order chi connectivity index (χ1) is 7.00. The van der Waals surface area contributed by atoms with E-state index in [0.717, 1.165) is 17.3 Å². The Labute approximate surface area is 95.3 Å². The van der Waals surface area contributed by atoms with E-state index in [4.69, 9.17) is 11.6 Å². The number of hydrogen-bond acceptors (Lipinski definition) is 3. The third-order valence-electron chi connectivity index (χ3n) is 3.06. The summed E-state index contributed by atoms with van der Waals surface area (Å²) in [5.41, 5.74) is 1.02. The molecule has 0 bridgehead atoms. The minimum absolute atomic E-state index is 0.0996. The summed E-state index contributed by atoms with van der Waals surface area (Å²) in [4.78, 5) is 8.17. The van der Waals surface area contributed by atoms with Gasteiger partial charge in [0.05, 0.1) is 0 Å². The van der Waals surface area contributed by atoms with Crippen molar-refractivity contribution in [2.24, 2.45) is 5.92 Å². The van der Waals surface area contributed by atoms with Crippen LogP contribution in [0.3, 0.4) is 0 Å². The van der Waals surface area contributed by atoms with Gasteiger partial charge >= 0.3 is 0 Å². The predicted molar refractivity (Wildman–Crippen MR) is 62.2 cm³/mol. The zero-order chi connectivity index (χ0) is 11.1. The second-order valence-electron chi connectivity index (χ2n) is 4.76. The van der Waals surface area contributed by atoms with Gasteiger partial charge in [0.25, 0.3) is 0 Å². The van der Waals surface area contributed by atoms with Gasteiger partial charge in [0, 0.05) is 11.1 Å². The number of halogens is 1. The van der Waals surface area contributed by atoms with Gasteiger partial charge in [0.15, 0.2) is 0 Å². The van der Waals surface area contributed by atoms with E-state index < -0.39 is 0 Å². The van der Waals surface area contributed by atoms with Crippen LogP contribution in [0.25, 0.3) is 0 Å². The van der Waals surface area contributed by atoms with E-state index in [1.54, 1.807) is 0 Å². The minimum Gasteiger partial charge on any atom is -0.365 e. The van der Waals surface area contributed by atoms with Gasteiger partial charge < -0.3 is 5.32 Å². The van der Waals surface area contributed by atoms with Gasteiger partial charge in [-0.15, -0.1) is 0 Å². The summed E-state index contributed by atoms with van der Waals surface area (Å²) < 4.78 is 0. The molecule has 15 heavy (non-hydrogen) atoms. The van der Waals surface area contributed by atoms with E-state index in [1.165, 1.54) is 19.2 Å².